The molecule has 2 aliphatic rings. The second-order valence-corrected chi connectivity index (χ2v) is 7.01. The quantitative estimate of drug-likeness (QED) is 0.832. The molecule has 2 rings (SSSR count). The van der Waals surface area contributed by atoms with E-state index in [4.69, 9.17) is 0 Å². The zero-order valence-corrected chi connectivity index (χ0v) is 13.3. The van der Waals surface area contributed by atoms with Crippen molar-refractivity contribution in [2.24, 2.45) is 5.41 Å². The van der Waals surface area contributed by atoms with Crippen molar-refractivity contribution in [2.45, 2.75) is 63.8 Å². The first-order valence-corrected chi connectivity index (χ1v) is 8.11. The SMILES string of the molecule is CNC1(CC(=O)N2CCC(C)(C(=O)O)CC2)CCCCC1. The molecule has 1 saturated carbocycles. The normalized spacial score (nSPS) is 24.6. The predicted molar refractivity (Wildman–Crippen MR) is 81.0 cm³/mol. The van der Waals surface area contributed by atoms with E-state index in [9.17, 15) is 14.7 Å². The molecule has 1 heterocycles. The fraction of sp³-hybridized carbons (Fsp3) is 0.875. The zero-order valence-electron chi connectivity index (χ0n) is 13.3. The highest BCUT2D eigenvalue weighted by Gasteiger charge is 2.40. The Labute approximate surface area is 127 Å². The summed E-state index contributed by atoms with van der Waals surface area (Å²) in [6, 6.07) is 0. The van der Waals surface area contributed by atoms with Gasteiger partial charge < -0.3 is 15.3 Å². The highest BCUT2D eigenvalue weighted by molar-refractivity contribution is 5.79. The molecule has 0 aromatic heterocycles. The highest BCUT2D eigenvalue weighted by Crippen LogP contribution is 2.34. The highest BCUT2D eigenvalue weighted by atomic mass is 16.4. The number of likely N-dealkylation sites (tertiary alicyclic amines) is 1. The van der Waals surface area contributed by atoms with Crippen LogP contribution in [0.2, 0.25) is 0 Å². The van der Waals surface area contributed by atoms with Gasteiger partial charge in [0.25, 0.3) is 0 Å². The molecule has 2 N–H and O–H groups in total. The molecule has 2 fully saturated rings. The van der Waals surface area contributed by atoms with E-state index in [2.05, 4.69) is 5.32 Å². The number of nitrogens with zero attached hydrogens (tertiary/aromatic N) is 1. The average molecular weight is 296 g/mol. The first kappa shape index (κ1) is 16.3. The molecule has 0 radical (unpaired) electrons. The van der Waals surface area contributed by atoms with Crippen LogP contribution in [0.5, 0.6) is 0 Å². The minimum atomic E-state index is -0.742. The molecule has 1 aliphatic heterocycles. The van der Waals surface area contributed by atoms with E-state index in [0.717, 1.165) is 12.8 Å². The Bertz CT molecular complexity index is 394. The Morgan fingerprint density at radius 3 is 2.14 bits per heavy atom. The third kappa shape index (κ3) is 3.57. The molecule has 5 nitrogen and oxygen atoms in total. The maximum Gasteiger partial charge on any atom is 0.309 e. The van der Waals surface area contributed by atoms with Crippen LogP contribution in [-0.2, 0) is 9.59 Å². The van der Waals surface area contributed by atoms with Crippen LogP contribution >= 0.6 is 0 Å². The second kappa shape index (κ2) is 6.34. The van der Waals surface area contributed by atoms with Gasteiger partial charge in [-0.2, -0.15) is 0 Å². The number of piperidine rings is 1. The lowest BCUT2D eigenvalue weighted by molar-refractivity contribution is -0.153. The van der Waals surface area contributed by atoms with E-state index in [1.54, 1.807) is 6.92 Å². The first-order valence-electron chi connectivity index (χ1n) is 8.11. The van der Waals surface area contributed by atoms with Crippen molar-refractivity contribution in [3.63, 3.8) is 0 Å². The van der Waals surface area contributed by atoms with Crippen LogP contribution < -0.4 is 5.32 Å². The molecule has 0 aromatic carbocycles. The molecule has 0 atom stereocenters. The fourth-order valence-corrected chi connectivity index (χ4v) is 3.61. The minimum Gasteiger partial charge on any atom is -0.481 e. The van der Waals surface area contributed by atoms with Crippen molar-refractivity contribution in [1.82, 2.24) is 10.2 Å². The summed E-state index contributed by atoms with van der Waals surface area (Å²) in [7, 11) is 1.95. The summed E-state index contributed by atoms with van der Waals surface area (Å²) < 4.78 is 0. The zero-order chi connectivity index (χ0) is 15.5. The summed E-state index contributed by atoms with van der Waals surface area (Å²) >= 11 is 0. The van der Waals surface area contributed by atoms with Crippen molar-refractivity contribution in [3.8, 4) is 0 Å². The number of rotatable bonds is 4. The van der Waals surface area contributed by atoms with Gasteiger partial charge in [0, 0.05) is 25.0 Å². The van der Waals surface area contributed by atoms with E-state index >= 15 is 0 Å². The molecular weight excluding hydrogens is 268 g/mol. The van der Waals surface area contributed by atoms with Crippen molar-refractivity contribution < 1.29 is 14.7 Å². The number of carboxylic acids is 1. The number of nitrogens with one attached hydrogen (secondary N) is 1. The number of hydrogen-bond donors (Lipinski definition) is 2. The van der Waals surface area contributed by atoms with Gasteiger partial charge in [0.05, 0.1) is 5.41 Å². The van der Waals surface area contributed by atoms with Crippen LogP contribution in [0.1, 0.15) is 58.3 Å². The third-order valence-corrected chi connectivity index (χ3v) is 5.57. The molecule has 0 aromatic rings. The van der Waals surface area contributed by atoms with Crippen LogP contribution in [0.4, 0.5) is 0 Å². The molecule has 1 amide bonds. The molecular formula is C16H28N2O3. The lowest BCUT2D eigenvalue weighted by Crippen LogP contribution is -2.51. The van der Waals surface area contributed by atoms with Gasteiger partial charge in [-0.05, 0) is 39.7 Å². The molecule has 0 bridgehead atoms. The van der Waals surface area contributed by atoms with E-state index in [-0.39, 0.29) is 11.4 Å². The summed E-state index contributed by atoms with van der Waals surface area (Å²) in [6.07, 6.45) is 7.43. The Morgan fingerprint density at radius 2 is 1.67 bits per heavy atom. The summed E-state index contributed by atoms with van der Waals surface area (Å²) in [6.45, 7) is 2.93. The number of hydrogen-bond acceptors (Lipinski definition) is 3. The Balaban J connectivity index is 1.91. The Hall–Kier alpha value is -1.10. The van der Waals surface area contributed by atoms with Gasteiger partial charge in [0.2, 0.25) is 5.91 Å². The molecule has 120 valence electrons. The van der Waals surface area contributed by atoms with Gasteiger partial charge in [0.1, 0.15) is 0 Å². The predicted octanol–water partition coefficient (Wildman–Crippen LogP) is 2.01. The molecule has 0 spiro atoms. The summed E-state index contributed by atoms with van der Waals surface area (Å²) in [5.74, 6) is -0.563. The Morgan fingerprint density at radius 1 is 1.10 bits per heavy atom. The minimum absolute atomic E-state index is 0.0388. The van der Waals surface area contributed by atoms with Crippen LogP contribution in [0.25, 0.3) is 0 Å². The van der Waals surface area contributed by atoms with E-state index in [1.165, 1.54) is 19.3 Å². The number of carbonyl (C=O) groups excluding carboxylic acids is 1. The van der Waals surface area contributed by atoms with Crippen LogP contribution in [0.3, 0.4) is 0 Å². The maximum absolute atomic E-state index is 12.5. The third-order valence-electron chi connectivity index (χ3n) is 5.57. The number of amides is 1. The van der Waals surface area contributed by atoms with E-state index in [1.807, 2.05) is 11.9 Å². The van der Waals surface area contributed by atoms with Crippen molar-refractivity contribution in [3.05, 3.63) is 0 Å². The van der Waals surface area contributed by atoms with Gasteiger partial charge in [0.15, 0.2) is 0 Å². The molecule has 1 aliphatic carbocycles. The molecule has 0 unspecified atom stereocenters. The number of aliphatic carboxylic acids is 1. The standard InChI is InChI=1S/C16H28N2O3/c1-15(14(20)21)8-10-18(11-9-15)13(19)12-16(17-2)6-4-3-5-7-16/h17H,3-12H2,1-2H3,(H,20,21). The van der Waals surface area contributed by atoms with Gasteiger partial charge >= 0.3 is 5.97 Å². The van der Waals surface area contributed by atoms with Crippen LogP contribution in [0.15, 0.2) is 0 Å². The van der Waals surface area contributed by atoms with Crippen molar-refractivity contribution >= 4 is 11.9 Å². The fourth-order valence-electron chi connectivity index (χ4n) is 3.61. The molecule has 1 saturated heterocycles. The summed E-state index contributed by atoms with van der Waals surface area (Å²) in [5, 5.41) is 12.6. The average Bonchev–Trinajstić information content (AvgIpc) is 2.48. The summed E-state index contributed by atoms with van der Waals surface area (Å²) in [5.41, 5.74) is -0.703. The van der Waals surface area contributed by atoms with E-state index < -0.39 is 11.4 Å². The second-order valence-electron chi connectivity index (χ2n) is 7.01. The van der Waals surface area contributed by atoms with Crippen LogP contribution in [-0.4, -0.2) is 47.6 Å². The monoisotopic (exact) mass is 296 g/mol. The van der Waals surface area contributed by atoms with Gasteiger partial charge in [-0.15, -0.1) is 0 Å². The van der Waals surface area contributed by atoms with Gasteiger partial charge in [-0.25, -0.2) is 0 Å². The summed E-state index contributed by atoms with van der Waals surface area (Å²) in [4.78, 5) is 25.7. The topological polar surface area (TPSA) is 69.6 Å². The lowest BCUT2D eigenvalue weighted by Gasteiger charge is -2.41. The molecule has 5 heteroatoms. The van der Waals surface area contributed by atoms with Gasteiger partial charge in [-0.1, -0.05) is 19.3 Å². The number of carboxylic acid groups (broad SMARTS) is 1. The maximum atomic E-state index is 12.5. The number of carbonyl (C=O) groups is 2. The Kier molecular flexibility index (Phi) is 4.91. The van der Waals surface area contributed by atoms with Crippen molar-refractivity contribution in [1.29, 1.82) is 0 Å². The van der Waals surface area contributed by atoms with Crippen molar-refractivity contribution in [2.75, 3.05) is 20.1 Å². The largest absolute Gasteiger partial charge is 0.481 e. The van der Waals surface area contributed by atoms with E-state index in [0.29, 0.717) is 32.4 Å². The van der Waals surface area contributed by atoms with Gasteiger partial charge in [-0.3, -0.25) is 9.59 Å². The van der Waals surface area contributed by atoms with Crippen LogP contribution in [0, 0.1) is 5.41 Å². The first-order chi connectivity index (χ1) is 9.91. The smallest absolute Gasteiger partial charge is 0.309 e. The lowest BCUT2D eigenvalue weighted by atomic mass is 9.78. The molecule has 21 heavy (non-hydrogen) atoms.